The van der Waals surface area contributed by atoms with Crippen LogP contribution in [0.1, 0.15) is 35.1 Å². The van der Waals surface area contributed by atoms with Crippen LogP contribution in [0.25, 0.3) is 0 Å². The first kappa shape index (κ1) is 32.4. The van der Waals surface area contributed by atoms with Gasteiger partial charge in [0.15, 0.2) is 0 Å². The highest BCUT2D eigenvalue weighted by Gasteiger charge is 2.48. The Labute approximate surface area is 249 Å². The Balaban J connectivity index is 1.59. The lowest BCUT2D eigenvalue weighted by Gasteiger charge is -2.52. The van der Waals surface area contributed by atoms with Crippen LogP contribution < -0.4 is 5.32 Å². The maximum atomic E-state index is 13.6. The van der Waals surface area contributed by atoms with E-state index in [-0.39, 0.29) is 50.4 Å². The Kier molecular flexibility index (Phi) is 9.50. The summed E-state index contributed by atoms with van der Waals surface area (Å²) < 4.78 is 79.8. The quantitative estimate of drug-likeness (QED) is 0.444. The first-order valence-corrected chi connectivity index (χ1v) is 13.7. The minimum atomic E-state index is -5.03. The Morgan fingerprint density at radius 1 is 1.00 bits per heavy atom. The molecule has 2 aliphatic heterocycles. The van der Waals surface area contributed by atoms with Gasteiger partial charge in [0.05, 0.1) is 17.7 Å². The minimum Gasteiger partial charge on any atom is -0.334 e. The summed E-state index contributed by atoms with van der Waals surface area (Å²) in [7, 11) is 3.62. The number of halogens is 7. The molecule has 2 aliphatic rings. The highest BCUT2D eigenvalue weighted by Crippen LogP contribution is 2.36. The van der Waals surface area contributed by atoms with E-state index in [2.05, 4.69) is 5.32 Å². The highest BCUT2D eigenvalue weighted by atomic mass is 35.5. The fraction of sp³-hybridized carbons (Fsp3) is 0.464. The number of fused-ring (bicyclic) bond motifs is 1. The molecule has 0 spiro atoms. The number of urea groups is 1. The van der Waals surface area contributed by atoms with Gasteiger partial charge in [-0.05, 0) is 68.5 Å². The summed E-state index contributed by atoms with van der Waals surface area (Å²) in [6.07, 6.45) is -10.8. The van der Waals surface area contributed by atoms with Crippen LogP contribution in [0, 0.1) is 0 Å². The van der Waals surface area contributed by atoms with Crippen molar-refractivity contribution >= 4 is 29.4 Å². The first-order valence-electron chi connectivity index (χ1n) is 13.4. The number of nitrogens with one attached hydrogen (secondary N) is 1. The number of benzene rings is 2. The summed E-state index contributed by atoms with van der Waals surface area (Å²) in [5, 5.41) is 2.87. The predicted molar refractivity (Wildman–Crippen MR) is 144 cm³/mol. The fourth-order valence-electron chi connectivity index (χ4n) is 5.27. The van der Waals surface area contributed by atoms with Crippen molar-refractivity contribution in [3.05, 3.63) is 69.7 Å². The van der Waals surface area contributed by atoms with Gasteiger partial charge in [-0.25, -0.2) is 4.79 Å². The van der Waals surface area contributed by atoms with Gasteiger partial charge in [-0.3, -0.25) is 9.59 Å². The largest absolute Gasteiger partial charge is 0.416 e. The second-order valence-corrected chi connectivity index (χ2v) is 11.2. The molecule has 2 aromatic carbocycles. The van der Waals surface area contributed by atoms with Crippen LogP contribution in [0.4, 0.5) is 31.1 Å². The second kappa shape index (κ2) is 12.6. The van der Waals surface area contributed by atoms with E-state index in [9.17, 15) is 40.7 Å². The Morgan fingerprint density at radius 3 is 2.23 bits per heavy atom. The molecule has 2 heterocycles. The van der Waals surface area contributed by atoms with E-state index in [1.165, 1.54) is 14.7 Å². The molecule has 43 heavy (non-hydrogen) atoms. The Bertz CT molecular complexity index is 1340. The van der Waals surface area contributed by atoms with Crippen molar-refractivity contribution in [1.82, 2.24) is 24.9 Å². The van der Waals surface area contributed by atoms with Crippen molar-refractivity contribution in [2.24, 2.45) is 0 Å². The molecule has 15 heteroatoms. The van der Waals surface area contributed by atoms with Gasteiger partial charge in [-0.15, -0.1) is 0 Å². The zero-order valence-corrected chi connectivity index (χ0v) is 24.1. The van der Waals surface area contributed by atoms with E-state index < -0.39 is 53.8 Å². The molecule has 2 atom stereocenters. The lowest BCUT2D eigenvalue weighted by Crippen LogP contribution is -2.72. The smallest absolute Gasteiger partial charge is 0.334 e. The van der Waals surface area contributed by atoms with Crippen LogP contribution in [0.15, 0.2) is 42.5 Å². The molecule has 2 fully saturated rings. The van der Waals surface area contributed by atoms with Crippen LogP contribution in [0.3, 0.4) is 0 Å². The van der Waals surface area contributed by atoms with Crippen molar-refractivity contribution in [2.45, 2.75) is 50.5 Å². The monoisotopic (exact) mass is 633 g/mol. The molecular weight excluding hydrogens is 604 g/mol. The van der Waals surface area contributed by atoms with E-state index in [1.807, 2.05) is 19.0 Å². The van der Waals surface area contributed by atoms with Gasteiger partial charge in [0, 0.05) is 31.1 Å². The summed E-state index contributed by atoms with van der Waals surface area (Å²) in [4.78, 5) is 46.1. The number of carbonyl (C=O) groups excluding carboxylic acids is 3. The maximum Gasteiger partial charge on any atom is 0.416 e. The third-order valence-electron chi connectivity index (χ3n) is 7.32. The van der Waals surface area contributed by atoms with Gasteiger partial charge in [0.1, 0.15) is 12.2 Å². The van der Waals surface area contributed by atoms with Gasteiger partial charge >= 0.3 is 18.4 Å². The van der Waals surface area contributed by atoms with Crippen LogP contribution in [-0.2, 0) is 35.0 Å². The van der Waals surface area contributed by atoms with E-state index in [0.717, 1.165) is 5.56 Å². The standard InChI is InChI=1S/C28H30ClF6N5O3/c1-37(2)8-6-22-25(42)38(15-17-4-3-5-21(29)12-17)16-23-39(9-7-24(41)40(22)23)26(43)36-14-18-10-19(27(30,31)32)13-20(11-18)28(33,34)35/h3-5,10-13,22-23H,6-9,14-16H2,1-2H3,(H,36,43)/t22-,23+/m0/s1. The second-order valence-electron chi connectivity index (χ2n) is 10.8. The van der Waals surface area contributed by atoms with Crippen LogP contribution >= 0.6 is 11.6 Å². The molecule has 2 aromatic rings. The summed E-state index contributed by atoms with van der Waals surface area (Å²) in [6, 6.07) is 6.30. The Hall–Kier alpha value is -3.52. The van der Waals surface area contributed by atoms with Crippen molar-refractivity contribution in [2.75, 3.05) is 33.7 Å². The zero-order chi connectivity index (χ0) is 31.7. The van der Waals surface area contributed by atoms with Gasteiger partial charge in [-0.2, -0.15) is 26.3 Å². The molecule has 1 N–H and O–H groups in total. The number of hydrogen-bond donors (Lipinski definition) is 1. The lowest BCUT2D eigenvalue weighted by molar-refractivity contribution is -0.167. The van der Waals surface area contributed by atoms with E-state index >= 15 is 0 Å². The number of rotatable bonds is 7. The summed E-state index contributed by atoms with van der Waals surface area (Å²) in [5.41, 5.74) is -2.66. The van der Waals surface area contributed by atoms with E-state index in [0.29, 0.717) is 23.7 Å². The third kappa shape index (κ3) is 7.71. The molecular formula is C28H30ClF6N5O3. The topological polar surface area (TPSA) is 76.2 Å². The average Bonchev–Trinajstić information content (AvgIpc) is 2.91. The van der Waals surface area contributed by atoms with Crippen molar-refractivity contribution in [1.29, 1.82) is 0 Å². The molecule has 4 amide bonds. The molecule has 8 nitrogen and oxygen atoms in total. The number of amides is 4. The molecule has 0 saturated carbocycles. The van der Waals surface area contributed by atoms with E-state index in [1.54, 1.807) is 24.3 Å². The van der Waals surface area contributed by atoms with Gasteiger partial charge in [0.2, 0.25) is 11.8 Å². The number of piperazine rings is 1. The van der Waals surface area contributed by atoms with Gasteiger partial charge in [0.25, 0.3) is 0 Å². The molecule has 0 radical (unpaired) electrons. The maximum absolute atomic E-state index is 13.6. The van der Waals surface area contributed by atoms with Crippen LogP contribution in [0.5, 0.6) is 0 Å². The molecule has 0 aromatic heterocycles. The first-order chi connectivity index (χ1) is 20.0. The van der Waals surface area contributed by atoms with Crippen molar-refractivity contribution < 1.29 is 40.7 Å². The Morgan fingerprint density at radius 2 is 1.65 bits per heavy atom. The minimum absolute atomic E-state index is 0.0147. The van der Waals surface area contributed by atoms with Crippen LogP contribution in [0.2, 0.25) is 5.02 Å². The zero-order valence-electron chi connectivity index (χ0n) is 23.3. The van der Waals surface area contributed by atoms with Crippen molar-refractivity contribution in [3.63, 3.8) is 0 Å². The summed E-state index contributed by atoms with van der Waals surface area (Å²) >= 11 is 6.11. The molecule has 234 valence electrons. The molecule has 0 unspecified atom stereocenters. The van der Waals surface area contributed by atoms with Gasteiger partial charge < -0.3 is 24.9 Å². The van der Waals surface area contributed by atoms with Crippen LogP contribution in [-0.4, -0.2) is 83.4 Å². The molecule has 4 rings (SSSR count). The predicted octanol–water partition coefficient (Wildman–Crippen LogP) is 4.81. The normalized spacial score (nSPS) is 19.6. The molecule has 0 aliphatic carbocycles. The SMILES string of the molecule is CN(C)CC[C@H]1C(=O)N(Cc2cccc(Cl)c2)C[C@@H]2N(C(=O)NCc3cc(C(F)(F)F)cc(C(F)(F)F)c3)CCC(=O)N21. The average molecular weight is 634 g/mol. The lowest BCUT2D eigenvalue weighted by atomic mass is 10.0. The number of alkyl halides is 6. The van der Waals surface area contributed by atoms with Crippen molar-refractivity contribution in [3.8, 4) is 0 Å². The summed E-state index contributed by atoms with van der Waals surface area (Å²) in [5.74, 6) is -0.640. The molecule has 2 saturated heterocycles. The summed E-state index contributed by atoms with van der Waals surface area (Å²) in [6.45, 7) is -0.123. The third-order valence-corrected chi connectivity index (χ3v) is 7.55. The fourth-order valence-corrected chi connectivity index (χ4v) is 5.49. The number of hydrogen-bond acceptors (Lipinski definition) is 4. The molecule has 0 bridgehead atoms. The number of carbonyl (C=O) groups is 3. The van der Waals surface area contributed by atoms with Gasteiger partial charge in [-0.1, -0.05) is 23.7 Å². The highest BCUT2D eigenvalue weighted by molar-refractivity contribution is 6.30. The number of nitrogens with zero attached hydrogens (tertiary/aromatic N) is 4. The van der Waals surface area contributed by atoms with E-state index in [4.69, 9.17) is 11.6 Å².